The van der Waals surface area contributed by atoms with E-state index in [0.717, 1.165) is 17.3 Å². The molecule has 1 aromatic rings. The first-order chi connectivity index (χ1) is 9.65. The van der Waals surface area contributed by atoms with Gasteiger partial charge in [0.05, 0.1) is 25.3 Å². The molecule has 1 fully saturated rings. The molecule has 0 aliphatic heterocycles. The first-order valence-electron chi connectivity index (χ1n) is 6.87. The lowest BCUT2D eigenvalue weighted by Gasteiger charge is -2.19. The summed E-state index contributed by atoms with van der Waals surface area (Å²) in [7, 11) is 3.35. The number of benzene rings is 1. The summed E-state index contributed by atoms with van der Waals surface area (Å²) in [6.45, 7) is 0.278. The van der Waals surface area contributed by atoms with Gasteiger partial charge in [-0.1, -0.05) is 15.9 Å². The van der Waals surface area contributed by atoms with Gasteiger partial charge in [0.1, 0.15) is 0 Å². The van der Waals surface area contributed by atoms with Crippen molar-refractivity contribution in [1.29, 1.82) is 0 Å². The monoisotopic (exact) mass is 341 g/mol. The van der Waals surface area contributed by atoms with E-state index in [9.17, 15) is 4.79 Å². The van der Waals surface area contributed by atoms with Gasteiger partial charge in [-0.25, -0.2) is 0 Å². The van der Waals surface area contributed by atoms with Gasteiger partial charge in [-0.15, -0.1) is 0 Å². The molecule has 2 rings (SSSR count). The summed E-state index contributed by atoms with van der Waals surface area (Å²) in [6, 6.07) is 3.63. The molecular weight excluding hydrogens is 322 g/mol. The third-order valence-corrected chi connectivity index (χ3v) is 3.92. The number of halogens is 1. The SMILES string of the molecule is CNCC(=O)c1cc(Br)cc(OC)c1OC1CCCC1. The van der Waals surface area contributed by atoms with Crippen LogP contribution < -0.4 is 14.8 Å². The van der Waals surface area contributed by atoms with E-state index in [2.05, 4.69) is 21.2 Å². The maximum absolute atomic E-state index is 12.2. The highest BCUT2D eigenvalue weighted by Crippen LogP contribution is 2.37. The lowest BCUT2D eigenvalue weighted by atomic mass is 10.1. The second-order valence-electron chi connectivity index (χ2n) is 4.96. The van der Waals surface area contributed by atoms with E-state index in [1.54, 1.807) is 20.2 Å². The Labute approximate surface area is 128 Å². The summed E-state index contributed by atoms with van der Waals surface area (Å²) in [6.07, 6.45) is 4.64. The van der Waals surface area contributed by atoms with Crippen LogP contribution in [0.1, 0.15) is 36.0 Å². The lowest BCUT2D eigenvalue weighted by Crippen LogP contribution is -2.21. The number of likely N-dealkylation sites (N-methyl/N-ethyl adjacent to an activating group) is 1. The number of carbonyl (C=O) groups excluding carboxylic acids is 1. The van der Waals surface area contributed by atoms with Gasteiger partial charge in [0.2, 0.25) is 0 Å². The second kappa shape index (κ2) is 7.09. The first kappa shape index (κ1) is 15.3. The van der Waals surface area contributed by atoms with Crippen molar-refractivity contribution in [1.82, 2.24) is 5.32 Å². The van der Waals surface area contributed by atoms with Crippen LogP contribution in [-0.4, -0.2) is 32.6 Å². The molecule has 0 saturated heterocycles. The number of carbonyl (C=O) groups is 1. The minimum atomic E-state index is 0.0000898. The number of hydrogen-bond donors (Lipinski definition) is 1. The second-order valence-corrected chi connectivity index (χ2v) is 5.88. The molecule has 0 radical (unpaired) electrons. The molecule has 0 atom stereocenters. The number of Topliss-reactive ketones (excluding diaryl/α,β-unsaturated/α-hetero) is 1. The van der Waals surface area contributed by atoms with E-state index in [1.165, 1.54) is 12.8 Å². The smallest absolute Gasteiger partial charge is 0.180 e. The van der Waals surface area contributed by atoms with Gasteiger partial charge in [0.25, 0.3) is 0 Å². The summed E-state index contributed by atoms with van der Waals surface area (Å²) in [5.74, 6) is 1.17. The highest BCUT2D eigenvalue weighted by Gasteiger charge is 2.23. The van der Waals surface area contributed by atoms with Crippen molar-refractivity contribution < 1.29 is 14.3 Å². The van der Waals surface area contributed by atoms with Crippen LogP contribution in [0, 0.1) is 0 Å². The summed E-state index contributed by atoms with van der Waals surface area (Å²) < 4.78 is 12.2. The van der Waals surface area contributed by atoms with Crippen LogP contribution in [0.25, 0.3) is 0 Å². The fourth-order valence-corrected chi connectivity index (χ4v) is 2.91. The van der Waals surface area contributed by atoms with Crippen LogP contribution in [0.2, 0.25) is 0 Å². The molecule has 1 aliphatic carbocycles. The van der Waals surface area contributed by atoms with E-state index >= 15 is 0 Å². The average Bonchev–Trinajstić information content (AvgIpc) is 2.93. The van der Waals surface area contributed by atoms with E-state index in [1.807, 2.05) is 6.07 Å². The van der Waals surface area contributed by atoms with Gasteiger partial charge in [0.15, 0.2) is 17.3 Å². The fraction of sp³-hybridized carbons (Fsp3) is 0.533. The van der Waals surface area contributed by atoms with Crippen LogP contribution in [-0.2, 0) is 0 Å². The molecule has 4 nitrogen and oxygen atoms in total. The number of methoxy groups -OCH3 is 1. The molecule has 0 unspecified atom stereocenters. The summed E-state index contributed by atoms with van der Waals surface area (Å²) in [5, 5.41) is 2.88. The predicted molar refractivity (Wildman–Crippen MR) is 81.8 cm³/mol. The molecule has 110 valence electrons. The van der Waals surface area contributed by atoms with Crippen LogP contribution in [0.3, 0.4) is 0 Å². The topological polar surface area (TPSA) is 47.6 Å². The number of nitrogens with one attached hydrogen (secondary N) is 1. The normalized spacial score (nSPS) is 15.3. The number of rotatable bonds is 6. The summed E-state index contributed by atoms with van der Waals surface area (Å²) in [5.41, 5.74) is 0.567. The molecule has 1 N–H and O–H groups in total. The summed E-state index contributed by atoms with van der Waals surface area (Å²) >= 11 is 3.41. The molecule has 0 spiro atoms. The van der Waals surface area contributed by atoms with E-state index < -0.39 is 0 Å². The number of ketones is 1. The van der Waals surface area contributed by atoms with Crippen molar-refractivity contribution >= 4 is 21.7 Å². The minimum absolute atomic E-state index is 0.0000898. The van der Waals surface area contributed by atoms with E-state index in [-0.39, 0.29) is 18.4 Å². The molecule has 0 bridgehead atoms. The third-order valence-electron chi connectivity index (χ3n) is 3.46. The zero-order valence-corrected chi connectivity index (χ0v) is 13.5. The van der Waals surface area contributed by atoms with Crippen LogP contribution in [0.5, 0.6) is 11.5 Å². The van der Waals surface area contributed by atoms with Gasteiger partial charge < -0.3 is 14.8 Å². The van der Waals surface area contributed by atoms with Crippen molar-refractivity contribution in [2.75, 3.05) is 20.7 Å². The standard InChI is InChI=1S/C15H20BrNO3/c1-17-9-13(18)12-7-10(16)8-14(19-2)15(12)20-11-5-3-4-6-11/h7-8,11,17H,3-6,9H2,1-2H3. The molecule has 1 saturated carbocycles. The van der Waals surface area contributed by atoms with Gasteiger partial charge >= 0.3 is 0 Å². The predicted octanol–water partition coefficient (Wildman–Crippen LogP) is 3.18. The number of ether oxygens (including phenoxy) is 2. The van der Waals surface area contributed by atoms with Crippen molar-refractivity contribution in [2.45, 2.75) is 31.8 Å². The van der Waals surface area contributed by atoms with Gasteiger partial charge in [-0.3, -0.25) is 4.79 Å². The Hall–Kier alpha value is -1.07. The van der Waals surface area contributed by atoms with Crippen molar-refractivity contribution in [3.05, 3.63) is 22.2 Å². The molecule has 5 heteroatoms. The Kier molecular flexibility index (Phi) is 5.43. The minimum Gasteiger partial charge on any atom is -0.493 e. The van der Waals surface area contributed by atoms with Crippen LogP contribution in [0.4, 0.5) is 0 Å². The van der Waals surface area contributed by atoms with Gasteiger partial charge in [0, 0.05) is 4.47 Å². The lowest BCUT2D eigenvalue weighted by molar-refractivity contribution is 0.0985. The quantitative estimate of drug-likeness (QED) is 0.807. The Bertz CT molecular complexity index is 484. The Morgan fingerprint density at radius 2 is 2.10 bits per heavy atom. The largest absolute Gasteiger partial charge is 0.493 e. The first-order valence-corrected chi connectivity index (χ1v) is 7.67. The third kappa shape index (κ3) is 3.52. The Morgan fingerprint density at radius 3 is 2.70 bits per heavy atom. The fourth-order valence-electron chi connectivity index (χ4n) is 2.48. The van der Waals surface area contributed by atoms with Gasteiger partial charge in [-0.2, -0.15) is 0 Å². The molecule has 0 amide bonds. The highest BCUT2D eigenvalue weighted by molar-refractivity contribution is 9.10. The highest BCUT2D eigenvalue weighted by atomic mass is 79.9. The maximum atomic E-state index is 12.2. The zero-order chi connectivity index (χ0) is 14.5. The molecule has 1 aromatic carbocycles. The molecule has 0 heterocycles. The summed E-state index contributed by atoms with van der Waals surface area (Å²) in [4.78, 5) is 12.2. The Morgan fingerprint density at radius 1 is 1.40 bits per heavy atom. The average molecular weight is 342 g/mol. The van der Waals surface area contributed by atoms with Crippen molar-refractivity contribution in [3.8, 4) is 11.5 Å². The molecule has 1 aliphatic rings. The van der Waals surface area contributed by atoms with Crippen molar-refractivity contribution in [3.63, 3.8) is 0 Å². The molecular formula is C15H20BrNO3. The van der Waals surface area contributed by atoms with Crippen LogP contribution >= 0.6 is 15.9 Å². The van der Waals surface area contributed by atoms with E-state index in [4.69, 9.17) is 9.47 Å². The number of hydrogen-bond acceptors (Lipinski definition) is 4. The van der Waals surface area contributed by atoms with Crippen LogP contribution in [0.15, 0.2) is 16.6 Å². The maximum Gasteiger partial charge on any atom is 0.180 e. The molecule has 0 aromatic heterocycles. The van der Waals surface area contributed by atoms with Gasteiger partial charge in [-0.05, 0) is 44.9 Å². The van der Waals surface area contributed by atoms with Crippen molar-refractivity contribution in [2.24, 2.45) is 0 Å². The molecule has 20 heavy (non-hydrogen) atoms. The van der Waals surface area contributed by atoms with E-state index in [0.29, 0.717) is 17.1 Å². The zero-order valence-electron chi connectivity index (χ0n) is 11.9. The Balaban J connectivity index is 2.35.